The number of nitrogens with one attached hydrogen (secondary N) is 2. The van der Waals surface area contributed by atoms with E-state index in [9.17, 15) is 9.59 Å². The van der Waals surface area contributed by atoms with E-state index in [0.717, 1.165) is 28.3 Å². The Balaban J connectivity index is 1.45. The highest BCUT2D eigenvalue weighted by molar-refractivity contribution is 7.10. The first kappa shape index (κ1) is 15.5. The van der Waals surface area contributed by atoms with Gasteiger partial charge in [-0.2, -0.15) is 9.36 Å². The Morgan fingerprint density at radius 3 is 2.72 bits per heavy atom. The number of aromatic nitrogens is 2. The van der Waals surface area contributed by atoms with E-state index in [1.54, 1.807) is 0 Å². The third-order valence-electron chi connectivity index (χ3n) is 4.00. The molecule has 124 valence electrons. The Bertz CT molecular complexity index is 939. The number of hydrogen-bond acceptors (Lipinski definition) is 5. The van der Waals surface area contributed by atoms with Crippen molar-refractivity contribution < 1.29 is 9.59 Å². The van der Waals surface area contributed by atoms with E-state index in [0.29, 0.717) is 11.0 Å². The number of anilines is 2. The first-order chi connectivity index (χ1) is 12.2. The second-order valence-corrected chi connectivity index (χ2v) is 6.42. The predicted octanol–water partition coefficient (Wildman–Crippen LogP) is 3.27. The summed E-state index contributed by atoms with van der Waals surface area (Å²) in [4.78, 5) is 28.7. The van der Waals surface area contributed by atoms with Gasteiger partial charge in [0.15, 0.2) is 5.82 Å². The van der Waals surface area contributed by atoms with Gasteiger partial charge in [-0.05, 0) is 11.6 Å². The lowest BCUT2D eigenvalue weighted by atomic mass is 9.97. The molecule has 6 nitrogen and oxygen atoms in total. The molecule has 1 aliphatic heterocycles. The van der Waals surface area contributed by atoms with E-state index in [4.69, 9.17) is 0 Å². The van der Waals surface area contributed by atoms with Gasteiger partial charge in [0.05, 0.1) is 5.92 Å². The minimum absolute atomic E-state index is 0.0725. The summed E-state index contributed by atoms with van der Waals surface area (Å²) in [5, 5.41) is 5.96. The Kier molecular flexibility index (Phi) is 3.99. The van der Waals surface area contributed by atoms with Crippen LogP contribution in [0.1, 0.15) is 17.9 Å². The molecule has 0 spiro atoms. The van der Waals surface area contributed by atoms with E-state index in [1.165, 1.54) is 0 Å². The third kappa shape index (κ3) is 3.14. The fourth-order valence-electron chi connectivity index (χ4n) is 2.81. The zero-order chi connectivity index (χ0) is 17.2. The van der Waals surface area contributed by atoms with Gasteiger partial charge in [-0.15, -0.1) is 0 Å². The molecule has 0 unspecified atom stereocenters. The Morgan fingerprint density at radius 1 is 1.12 bits per heavy atom. The van der Waals surface area contributed by atoms with Crippen molar-refractivity contribution in [3.8, 4) is 11.4 Å². The lowest BCUT2D eigenvalue weighted by molar-refractivity contribution is -0.122. The normalized spacial score (nSPS) is 15.5. The van der Waals surface area contributed by atoms with Crippen molar-refractivity contribution in [3.05, 3.63) is 60.2 Å². The summed E-state index contributed by atoms with van der Waals surface area (Å²) >= 11 is 1.12. The smallest absolute Gasteiger partial charge is 0.232 e. The molecule has 25 heavy (non-hydrogen) atoms. The maximum Gasteiger partial charge on any atom is 0.232 e. The molecule has 2 aromatic carbocycles. The number of carbonyl (C=O) groups excluding carboxylic acids is 2. The summed E-state index contributed by atoms with van der Waals surface area (Å²) in [7, 11) is 0. The van der Waals surface area contributed by atoms with Crippen LogP contribution in [0.4, 0.5) is 10.8 Å². The maximum absolute atomic E-state index is 12.3. The number of hydrogen-bond donors (Lipinski definition) is 2. The van der Waals surface area contributed by atoms with Gasteiger partial charge >= 0.3 is 0 Å². The van der Waals surface area contributed by atoms with Crippen molar-refractivity contribution in [2.45, 2.75) is 12.3 Å². The molecule has 3 aromatic rings. The third-order valence-corrected chi connectivity index (χ3v) is 4.63. The van der Waals surface area contributed by atoms with E-state index in [-0.39, 0.29) is 18.2 Å². The average molecular weight is 350 g/mol. The van der Waals surface area contributed by atoms with Gasteiger partial charge in [-0.1, -0.05) is 48.5 Å². The number of fused-ring (bicyclic) bond motifs is 1. The van der Waals surface area contributed by atoms with Crippen LogP contribution >= 0.6 is 11.5 Å². The molecule has 0 aliphatic carbocycles. The lowest BCUT2D eigenvalue weighted by Crippen LogP contribution is -2.20. The maximum atomic E-state index is 12.3. The van der Waals surface area contributed by atoms with Gasteiger partial charge in [0.1, 0.15) is 0 Å². The lowest BCUT2D eigenvalue weighted by Gasteiger charge is -2.07. The minimum atomic E-state index is -0.474. The molecule has 2 N–H and O–H groups in total. The van der Waals surface area contributed by atoms with Crippen LogP contribution in [-0.4, -0.2) is 21.2 Å². The first-order valence-corrected chi connectivity index (χ1v) is 8.57. The number of para-hydroxylation sites is 1. The number of benzene rings is 2. The molecule has 1 aromatic heterocycles. The van der Waals surface area contributed by atoms with Crippen molar-refractivity contribution in [2.75, 3.05) is 10.6 Å². The molecule has 2 heterocycles. The highest BCUT2D eigenvalue weighted by Crippen LogP contribution is 2.34. The standard InChI is InChI=1S/C18H14N4O2S/c23-15(10-13-12-8-4-5-9-14(12)19-17(13)24)20-18-21-16(22-25-18)11-6-2-1-3-7-11/h1-9,13H,10H2,(H,19,24)(H,20,21,22,23)/t13-/m1/s1. The van der Waals surface area contributed by atoms with E-state index in [1.807, 2.05) is 54.6 Å². The molecule has 4 rings (SSSR count). The second-order valence-electron chi connectivity index (χ2n) is 5.67. The van der Waals surface area contributed by atoms with Crippen molar-refractivity contribution >= 4 is 34.2 Å². The van der Waals surface area contributed by atoms with Crippen LogP contribution in [0.5, 0.6) is 0 Å². The summed E-state index contributed by atoms with van der Waals surface area (Å²) < 4.78 is 4.26. The van der Waals surface area contributed by atoms with Crippen LogP contribution in [0, 0.1) is 0 Å². The molecule has 1 aliphatic rings. The summed E-state index contributed by atoms with van der Waals surface area (Å²) in [6, 6.07) is 17.0. The molecule has 7 heteroatoms. The summed E-state index contributed by atoms with van der Waals surface area (Å²) in [6.45, 7) is 0. The molecular weight excluding hydrogens is 336 g/mol. The number of amides is 2. The quantitative estimate of drug-likeness (QED) is 0.756. The van der Waals surface area contributed by atoms with E-state index < -0.39 is 5.92 Å². The van der Waals surface area contributed by atoms with Gasteiger partial charge in [0.25, 0.3) is 0 Å². The zero-order valence-corrected chi connectivity index (χ0v) is 13.9. The van der Waals surface area contributed by atoms with Crippen LogP contribution in [0.2, 0.25) is 0 Å². The number of rotatable bonds is 4. The fourth-order valence-corrected chi connectivity index (χ4v) is 3.42. The van der Waals surface area contributed by atoms with Gasteiger partial charge in [-0.3, -0.25) is 9.59 Å². The molecule has 0 saturated heterocycles. The fraction of sp³-hybridized carbons (Fsp3) is 0.111. The topological polar surface area (TPSA) is 84.0 Å². The predicted molar refractivity (Wildman–Crippen MR) is 96.4 cm³/mol. The van der Waals surface area contributed by atoms with Crippen LogP contribution < -0.4 is 10.6 Å². The zero-order valence-electron chi connectivity index (χ0n) is 13.1. The highest BCUT2D eigenvalue weighted by atomic mass is 32.1. The van der Waals surface area contributed by atoms with Gasteiger partial charge in [0, 0.05) is 29.2 Å². The van der Waals surface area contributed by atoms with Crippen molar-refractivity contribution in [1.29, 1.82) is 0 Å². The van der Waals surface area contributed by atoms with Crippen molar-refractivity contribution in [2.24, 2.45) is 0 Å². The van der Waals surface area contributed by atoms with Crippen LogP contribution in [0.3, 0.4) is 0 Å². The molecule has 0 radical (unpaired) electrons. The number of nitrogens with zero attached hydrogens (tertiary/aromatic N) is 2. The van der Waals surface area contributed by atoms with Crippen LogP contribution in [0.15, 0.2) is 54.6 Å². The Labute approximate surface area is 148 Å². The average Bonchev–Trinajstić information content (AvgIpc) is 3.21. The summed E-state index contributed by atoms with van der Waals surface area (Å²) in [5.41, 5.74) is 2.51. The molecule has 0 bridgehead atoms. The Hall–Kier alpha value is -3.06. The largest absolute Gasteiger partial charge is 0.325 e. The molecule has 1 atom stereocenters. The highest BCUT2D eigenvalue weighted by Gasteiger charge is 2.32. The molecular formula is C18H14N4O2S. The number of carbonyl (C=O) groups is 2. The van der Waals surface area contributed by atoms with Crippen LogP contribution in [-0.2, 0) is 9.59 Å². The van der Waals surface area contributed by atoms with E-state index in [2.05, 4.69) is 20.0 Å². The monoisotopic (exact) mass is 350 g/mol. The SMILES string of the molecule is O=C(C[C@H]1C(=O)Nc2ccccc21)Nc1nc(-c2ccccc2)ns1. The van der Waals surface area contributed by atoms with Crippen molar-refractivity contribution in [1.82, 2.24) is 9.36 Å². The minimum Gasteiger partial charge on any atom is -0.325 e. The molecule has 0 fully saturated rings. The molecule has 0 saturated carbocycles. The second kappa shape index (κ2) is 6.45. The van der Waals surface area contributed by atoms with E-state index >= 15 is 0 Å². The van der Waals surface area contributed by atoms with Crippen LogP contribution in [0.25, 0.3) is 11.4 Å². The van der Waals surface area contributed by atoms with Gasteiger partial charge in [-0.25, -0.2) is 0 Å². The van der Waals surface area contributed by atoms with Gasteiger partial charge < -0.3 is 10.6 Å². The Morgan fingerprint density at radius 2 is 1.88 bits per heavy atom. The first-order valence-electron chi connectivity index (χ1n) is 7.79. The summed E-state index contributed by atoms with van der Waals surface area (Å²) in [6.07, 6.45) is 0.0725. The molecule has 2 amide bonds. The summed E-state index contributed by atoms with van der Waals surface area (Å²) in [5.74, 6) is -0.311. The van der Waals surface area contributed by atoms with Gasteiger partial charge in [0.2, 0.25) is 16.9 Å². The van der Waals surface area contributed by atoms with Crippen molar-refractivity contribution in [3.63, 3.8) is 0 Å².